The van der Waals surface area contributed by atoms with Crippen LogP contribution in [0.4, 0.5) is 10.1 Å². The van der Waals surface area contributed by atoms with Gasteiger partial charge in [0.2, 0.25) is 0 Å². The lowest BCUT2D eigenvalue weighted by molar-refractivity contribution is 0.628. The maximum absolute atomic E-state index is 13.1. The molecular formula is C14H11ClFN. The Morgan fingerprint density at radius 1 is 1.06 bits per heavy atom. The van der Waals surface area contributed by atoms with E-state index in [9.17, 15) is 4.39 Å². The van der Waals surface area contributed by atoms with Gasteiger partial charge in [-0.25, -0.2) is 4.39 Å². The van der Waals surface area contributed by atoms with Gasteiger partial charge in [-0.3, -0.25) is 0 Å². The molecule has 0 spiro atoms. The summed E-state index contributed by atoms with van der Waals surface area (Å²) in [4.78, 5) is 0. The van der Waals surface area contributed by atoms with E-state index >= 15 is 0 Å². The van der Waals surface area contributed by atoms with E-state index in [2.05, 4.69) is 17.4 Å². The smallest absolute Gasteiger partial charge is 0.141 e. The molecule has 86 valence electrons. The lowest BCUT2D eigenvalue weighted by Gasteiger charge is -2.06. The second kappa shape index (κ2) is 4.04. The van der Waals surface area contributed by atoms with E-state index in [4.69, 9.17) is 11.6 Å². The minimum Gasteiger partial charge on any atom is -0.384 e. The first-order valence-electron chi connectivity index (χ1n) is 5.56. The fraction of sp³-hybridized carbons (Fsp3) is 0.143. The molecule has 0 radical (unpaired) electrons. The molecule has 1 aliphatic rings. The Labute approximate surface area is 104 Å². The molecule has 0 fully saturated rings. The molecule has 0 aliphatic carbocycles. The SMILES string of the molecule is Fc1ccc(-c2ccc3c(c2)CCN3)cc1Cl. The first-order chi connectivity index (χ1) is 8.24. The van der Waals surface area contributed by atoms with Crippen LogP contribution in [0.1, 0.15) is 5.56 Å². The van der Waals surface area contributed by atoms with Crippen LogP contribution in [0.25, 0.3) is 11.1 Å². The number of hydrogen-bond donors (Lipinski definition) is 1. The molecule has 0 aromatic heterocycles. The van der Waals surface area contributed by atoms with Gasteiger partial charge in [-0.05, 0) is 47.4 Å². The Bertz CT molecular complexity index is 580. The van der Waals surface area contributed by atoms with Gasteiger partial charge in [0.1, 0.15) is 5.82 Å². The summed E-state index contributed by atoms with van der Waals surface area (Å²) in [7, 11) is 0. The Balaban J connectivity index is 2.06. The monoisotopic (exact) mass is 247 g/mol. The van der Waals surface area contributed by atoms with Gasteiger partial charge in [-0.2, -0.15) is 0 Å². The van der Waals surface area contributed by atoms with Crippen molar-refractivity contribution in [1.82, 2.24) is 0 Å². The summed E-state index contributed by atoms with van der Waals surface area (Å²) in [5.74, 6) is -0.377. The van der Waals surface area contributed by atoms with E-state index in [1.807, 2.05) is 6.07 Å². The quantitative estimate of drug-likeness (QED) is 0.800. The molecule has 0 bridgehead atoms. The van der Waals surface area contributed by atoms with Crippen molar-refractivity contribution in [3.8, 4) is 11.1 Å². The Hall–Kier alpha value is -1.54. The minimum absolute atomic E-state index is 0.168. The molecule has 0 unspecified atom stereocenters. The van der Waals surface area contributed by atoms with Crippen molar-refractivity contribution < 1.29 is 4.39 Å². The molecule has 2 aromatic rings. The van der Waals surface area contributed by atoms with Crippen LogP contribution < -0.4 is 5.32 Å². The topological polar surface area (TPSA) is 12.0 Å². The maximum atomic E-state index is 13.1. The Morgan fingerprint density at radius 3 is 2.65 bits per heavy atom. The Kier molecular flexibility index (Phi) is 2.52. The van der Waals surface area contributed by atoms with E-state index in [0.29, 0.717) is 0 Å². The summed E-state index contributed by atoms with van der Waals surface area (Å²) in [6, 6.07) is 11.1. The normalized spacial score (nSPS) is 13.3. The number of benzene rings is 2. The summed E-state index contributed by atoms with van der Waals surface area (Å²) in [5, 5.41) is 3.48. The van der Waals surface area contributed by atoms with Gasteiger partial charge in [0.05, 0.1) is 5.02 Å². The van der Waals surface area contributed by atoms with Gasteiger partial charge in [0.15, 0.2) is 0 Å². The van der Waals surface area contributed by atoms with Crippen molar-refractivity contribution >= 4 is 17.3 Å². The highest BCUT2D eigenvalue weighted by atomic mass is 35.5. The van der Waals surface area contributed by atoms with Crippen molar-refractivity contribution in [1.29, 1.82) is 0 Å². The highest BCUT2D eigenvalue weighted by Crippen LogP contribution is 2.30. The van der Waals surface area contributed by atoms with Crippen molar-refractivity contribution in [3.63, 3.8) is 0 Å². The molecule has 3 rings (SSSR count). The largest absolute Gasteiger partial charge is 0.384 e. The zero-order valence-electron chi connectivity index (χ0n) is 9.13. The lowest BCUT2D eigenvalue weighted by atomic mass is 10.0. The van der Waals surface area contributed by atoms with Crippen molar-refractivity contribution in [2.24, 2.45) is 0 Å². The van der Waals surface area contributed by atoms with Gasteiger partial charge in [-0.15, -0.1) is 0 Å². The molecule has 2 aromatic carbocycles. The van der Waals surface area contributed by atoms with E-state index < -0.39 is 0 Å². The molecular weight excluding hydrogens is 237 g/mol. The highest BCUT2D eigenvalue weighted by molar-refractivity contribution is 6.31. The average molecular weight is 248 g/mol. The number of anilines is 1. The van der Waals surface area contributed by atoms with Crippen LogP contribution in [-0.2, 0) is 6.42 Å². The van der Waals surface area contributed by atoms with E-state index in [0.717, 1.165) is 24.1 Å². The molecule has 0 saturated carbocycles. The highest BCUT2D eigenvalue weighted by Gasteiger charge is 2.11. The van der Waals surface area contributed by atoms with Crippen LogP contribution in [0.5, 0.6) is 0 Å². The fourth-order valence-electron chi connectivity index (χ4n) is 2.16. The predicted molar refractivity (Wildman–Crippen MR) is 69.0 cm³/mol. The average Bonchev–Trinajstić information content (AvgIpc) is 2.79. The second-order valence-electron chi connectivity index (χ2n) is 4.18. The molecule has 0 saturated heterocycles. The van der Waals surface area contributed by atoms with Gasteiger partial charge < -0.3 is 5.32 Å². The molecule has 17 heavy (non-hydrogen) atoms. The van der Waals surface area contributed by atoms with Crippen LogP contribution in [0.15, 0.2) is 36.4 Å². The number of fused-ring (bicyclic) bond motifs is 1. The number of nitrogens with one attached hydrogen (secondary N) is 1. The molecule has 1 nitrogen and oxygen atoms in total. The van der Waals surface area contributed by atoms with Gasteiger partial charge in [-0.1, -0.05) is 23.7 Å². The summed E-state index contributed by atoms with van der Waals surface area (Å²) in [6.45, 7) is 0.989. The van der Waals surface area contributed by atoms with E-state index in [-0.39, 0.29) is 10.8 Å². The van der Waals surface area contributed by atoms with Crippen molar-refractivity contribution in [2.75, 3.05) is 11.9 Å². The third-order valence-corrected chi connectivity index (χ3v) is 3.36. The molecule has 0 amide bonds. The number of hydrogen-bond acceptors (Lipinski definition) is 1. The first kappa shape index (κ1) is 10.6. The predicted octanol–water partition coefficient (Wildman–Crippen LogP) is 4.11. The lowest BCUT2D eigenvalue weighted by Crippen LogP contribution is -1.90. The van der Waals surface area contributed by atoms with Crippen molar-refractivity contribution in [2.45, 2.75) is 6.42 Å². The first-order valence-corrected chi connectivity index (χ1v) is 5.94. The van der Waals surface area contributed by atoms with Gasteiger partial charge >= 0.3 is 0 Å². The number of halogens is 2. The molecule has 0 atom stereocenters. The van der Waals surface area contributed by atoms with Crippen molar-refractivity contribution in [3.05, 3.63) is 52.8 Å². The maximum Gasteiger partial charge on any atom is 0.141 e. The minimum atomic E-state index is -0.377. The molecule has 1 N–H and O–H groups in total. The van der Waals surface area contributed by atoms with Gasteiger partial charge in [0, 0.05) is 12.2 Å². The molecule has 1 aliphatic heterocycles. The van der Waals surface area contributed by atoms with Crippen LogP contribution in [-0.4, -0.2) is 6.54 Å². The van der Waals surface area contributed by atoms with Crippen LogP contribution in [0, 0.1) is 5.82 Å². The second-order valence-corrected chi connectivity index (χ2v) is 4.58. The fourth-order valence-corrected chi connectivity index (χ4v) is 2.34. The van der Waals surface area contributed by atoms with Gasteiger partial charge in [0.25, 0.3) is 0 Å². The summed E-state index contributed by atoms with van der Waals surface area (Å²) in [5.41, 5.74) is 4.53. The molecule has 3 heteroatoms. The molecule has 1 heterocycles. The van der Waals surface area contributed by atoms with Crippen LogP contribution >= 0.6 is 11.6 Å². The van der Waals surface area contributed by atoms with E-state index in [1.54, 1.807) is 12.1 Å². The zero-order valence-corrected chi connectivity index (χ0v) is 9.89. The van der Waals surface area contributed by atoms with E-state index in [1.165, 1.54) is 17.3 Å². The van der Waals surface area contributed by atoms with Crippen LogP contribution in [0.2, 0.25) is 5.02 Å². The third kappa shape index (κ3) is 1.89. The third-order valence-electron chi connectivity index (χ3n) is 3.07. The zero-order chi connectivity index (χ0) is 11.8. The summed E-state index contributed by atoms with van der Waals surface area (Å²) >= 11 is 5.79. The standard InChI is InChI=1S/C14H11ClFN/c15-12-8-10(1-3-13(12)16)9-2-4-14-11(7-9)5-6-17-14/h1-4,7-8,17H,5-6H2. The Morgan fingerprint density at radius 2 is 1.82 bits per heavy atom. The summed E-state index contributed by atoms with van der Waals surface area (Å²) in [6.07, 6.45) is 1.04. The summed E-state index contributed by atoms with van der Waals surface area (Å²) < 4.78 is 13.1. The van der Waals surface area contributed by atoms with Crippen LogP contribution in [0.3, 0.4) is 0 Å². The number of rotatable bonds is 1.